The first kappa shape index (κ1) is 13.5. The van der Waals surface area contributed by atoms with Crippen molar-refractivity contribution in [3.05, 3.63) is 55.5 Å². The van der Waals surface area contributed by atoms with Crippen molar-refractivity contribution in [2.75, 3.05) is 0 Å². The quantitative estimate of drug-likeness (QED) is 0.519. The van der Waals surface area contributed by atoms with Gasteiger partial charge in [-0.1, -0.05) is 29.3 Å². The van der Waals surface area contributed by atoms with E-state index in [0.29, 0.717) is 26.9 Å². The van der Waals surface area contributed by atoms with Crippen molar-refractivity contribution < 1.29 is 4.42 Å². The highest BCUT2D eigenvalue weighted by atomic mass is 127. The highest BCUT2D eigenvalue weighted by molar-refractivity contribution is 14.1. The molecular weight excluding hydrogens is 384 g/mol. The number of nitrogens with zero attached hydrogens (tertiary/aromatic N) is 1. The summed E-state index contributed by atoms with van der Waals surface area (Å²) in [4.78, 5) is 0. The van der Waals surface area contributed by atoms with Crippen molar-refractivity contribution in [2.45, 2.75) is 0 Å². The van der Waals surface area contributed by atoms with Gasteiger partial charge in [0.25, 0.3) is 0 Å². The first-order chi connectivity index (χ1) is 8.60. The number of hydrogen-bond donors (Lipinski definition) is 0. The Labute approximate surface area is 128 Å². The van der Waals surface area contributed by atoms with Crippen LogP contribution >= 0.6 is 45.8 Å². The van der Waals surface area contributed by atoms with Gasteiger partial charge in [0, 0.05) is 10.6 Å². The van der Waals surface area contributed by atoms with Gasteiger partial charge in [0.2, 0.25) is 0 Å². The van der Waals surface area contributed by atoms with Crippen LogP contribution in [-0.2, 0) is 0 Å². The standard InChI is InChI=1S/C13H6Cl2INO/c14-9-1-3-11(12(15)6-9)8(7-17)5-10-2-4-13(16)18-10/h1-6H/b8-5-. The van der Waals surface area contributed by atoms with Gasteiger partial charge in [-0.3, -0.25) is 0 Å². The second-order valence-corrected chi connectivity index (χ2v) is 5.34. The summed E-state index contributed by atoms with van der Waals surface area (Å²) in [5.74, 6) is 0.613. The molecule has 0 radical (unpaired) electrons. The Kier molecular flexibility index (Phi) is 4.33. The van der Waals surface area contributed by atoms with E-state index in [1.54, 1.807) is 30.3 Å². The Morgan fingerprint density at radius 1 is 1.28 bits per heavy atom. The summed E-state index contributed by atoms with van der Waals surface area (Å²) in [6, 6.07) is 10.7. The molecule has 0 unspecified atom stereocenters. The van der Waals surface area contributed by atoms with Crippen LogP contribution in [0, 0.1) is 15.1 Å². The second-order valence-electron chi connectivity index (χ2n) is 3.44. The normalized spacial score (nSPS) is 11.3. The van der Waals surface area contributed by atoms with Gasteiger partial charge in [-0.2, -0.15) is 5.26 Å². The van der Waals surface area contributed by atoms with Gasteiger partial charge in [-0.05, 0) is 52.9 Å². The van der Waals surface area contributed by atoms with Crippen LogP contribution < -0.4 is 0 Å². The molecule has 0 aliphatic carbocycles. The van der Waals surface area contributed by atoms with Crippen molar-refractivity contribution in [1.29, 1.82) is 5.26 Å². The van der Waals surface area contributed by atoms with Gasteiger partial charge in [-0.15, -0.1) is 0 Å². The van der Waals surface area contributed by atoms with Crippen molar-refractivity contribution in [3.8, 4) is 6.07 Å². The van der Waals surface area contributed by atoms with Gasteiger partial charge >= 0.3 is 0 Å². The van der Waals surface area contributed by atoms with E-state index in [9.17, 15) is 5.26 Å². The fourth-order valence-electron chi connectivity index (χ4n) is 1.43. The Morgan fingerprint density at radius 3 is 2.61 bits per heavy atom. The molecule has 2 aromatic rings. The maximum atomic E-state index is 9.19. The molecule has 0 atom stereocenters. The second kappa shape index (κ2) is 5.79. The van der Waals surface area contributed by atoms with Gasteiger partial charge in [0.05, 0.1) is 16.7 Å². The largest absolute Gasteiger partial charge is 0.451 e. The highest BCUT2D eigenvalue weighted by Crippen LogP contribution is 2.28. The molecule has 2 rings (SSSR count). The molecule has 1 aromatic carbocycles. The summed E-state index contributed by atoms with van der Waals surface area (Å²) in [5, 5.41) is 10.2. The average Bonchev–Trinajstić information content (AvgIpc) is 2.72. The van der Waals surface area contributed by atoms with Crippen LogP contribution in [0.5, 0.6) is 0 Å². The van der Waals surface area contributed by atoms with Crippen LogP contribution in [-0.4, -0.2) is 0 Å². The fourth-order valence-corrected chi connectivity index (χ4v) is 2.37. The Morgan fingerprint density at radius 2 is 2.06 bits per heavy atom. The molecule has 0 aliphatic rings. The van der Waals surface area contributed by atoms with E-state index in [1.165, 1.54) is 0 Å². The third-order valence-corrected chi connectivity index (χ3v) is 3.35. The molecule has 0 saturated heterocycles. The molecular formula is C13H6Cl2INO. The fraction of sp³-hybridized carbons (Fsp3) is 0. The number of rotatable bonds is 2. The molecule has 0 fully saturated rings. The van der Waals surface area contributed by atoms with Gasteiger partial charge in [0.15, 0.2) is 3.77 Å². The van der Waals surface area contributed by atoms with E-state index in [4.69, 9.17) is 27.6 Å². The maximum Gasteiger partial charge on any atom is 0.164 e. The number of hydrogen-bond acceptors (Lipinski definition) is 2. The van der Waals surface area contributed by atoms with E-state index in [2.05, 4.69) is 28.7 Å². The number of benzene rings is 1. The molecule has 0 saturated carbocycles. The first-order valence-corrected chi connectivity index (χ1v) is 6.76. The van der Waals surface area contributed by atoms with Crippen LogP contribution in [0.25, 0.3) is 11.6 Å². The molecule has 18 heavy (non-hydrogen) atoms. The molecule has 90 valence electrons. The van der Waals surface area contributed by atoms with Crippen molar-refractivity contribution in [1.82, 2.24) is 0 Å². The number of halogens is 3. The predicted molar refractivity (Wildman–Crippen MR) is 81.4 cm³/mol. The lowest BCUT2D eigenvalue weighted by molar-refractivity contribution is 0.528. The van der Waals surface area contributed by atoms with Crippen LogP contribution in [0.4, 0.5) is 0 Å². The molecule has 2 nitrogen and oxygen atoms in total. The number of furan rings is 1. The molecule has 0 N–H and O–H groups in total. The minimum absolute atomic E-state index is 0.433. The third-order valence-electron chi connectivity index (χ3n) is 2.22. The molecule has 0 spiro atoms. The van der Waals surface area contributed by atoms with Crippen LogP contribution in [0.1, 0.15) is 11.3 Å². The molecule has 0 bridgehead atoms. The lowest BCUT2D eigenvalue weighted by Gasteiger charge is -2.02. The van der Waals surface area contributed by atoms with E-state index < -0.39 is 0 Å². The van der Waals surface area contributed by atoms with E-state index in [1.807, 2.05) is 6.07 Å². The van der Waals surface area contributed by atoms with E-state index in [-0.39, 0.29) is 0 Å². The van der Waals surface area contributed by atoms with Crippen LogP contribution in [0.2, 0.25) is 10.0 Å². The number of allylic oxidation sites excluding steroid dienone is 1. The van der Waals surface area contributed by atoms with Crippen molar-refractivity contribution in [2.24, 2.45) is 0 Å². The summed E-state index contributed by atoms with van der Waals surface area (Å²) in [6.07, 6.45) is 1.65. The van der Waals surface area contributed by atoms with E-state index >= 15 is 0 Å². The SMILES string of the molecule is N#C/C(=C/c1ccc(I)o1)c1ccc(Cl)cc1Cl. The Balaban J connectivity index is 2.46. The smallest absolute Gasteiger partial charge is 0.164 e. The monoisotopic (exact) mass is 389 g/mol. The number of nitriles is 1. The van der Waals surface area contributed by atoms with Crippen LogP contribution in [0.3, 0.4) is 0 Å². The third kappa shape index (κ3) is 3.08. The first-order valence-electron chi connectivity index (χ1n) is 4.92. The summed E-state index contributed by atoms with van der Waals surface area (Å²) >= 11 is 14.0. The van der Waals surface area contributed by atoms with Gasteiger partial charge in [-0.25, -0.2) is 0 Å². The highest BCUT2D eigenvalue weighted by Gasteiger charge is 2.08. The summed E-state index contributed by atoms with van der Waals surface area (Å²) in [7, 11) is 0. The predicted octanol–water partition coefficient (Wildman–Crippen LogP) is 5.26. The molecule has 1 heterocycles. The summed E-state index contributed by atoms with van der Waals surface area (Å²) in [5.41, 5.74) is 1.07. The van der Waals surface area contributed by atoms with Crippen molar-refractivity contribution in [3.63, 3.8) is 0 Å². The Hall–Kier alpha value is -0.960. The van der Waals surface area contributed by atoms with E-state index in [0.717, 1.165) is 3.77 Å². The summed E-state index contributed by atoms with van der Waals surface area (Å²) < 4.78 is 6.15. The zero-order chi connectivity index (χ0) is 13.1. The molecule has 0 amide bonds. The molecule has 5 heteroatoms. The minimum atomic E-state index is 0.433. The zero-order valence-corrected chi connectivity index (χ0v) is 12.6. The minimum Gasteiger partial charge on any atom is -0.451 e. The van der Waals surface area contributed by atoms with Gasteiger partial charge in [0.1, 0.15) is 5.76 Å². The zero-order valence-electron chi connectivity index (χ0n) is 8.95. The summed E-state index contributed by atoms with van der Waals surface area (Å²) in [6.45, 7) is 0. The molecule has 1 aromatic heterocycles. The van der Waals surface area contributed by atoms with Gasteiger partial charge < -0.3 is 4.42 Å². The average molecular weight is 390 g/mol. The Bertz CT molecular complexity index is 655. The lowest BCUT2D eigenvalue weighted by Crippen LogP contribution is -1.83. The van der Waals surface area contributed by atoms with Crippen LogP contribution in [0.15, 0.2) is 34.7 Å². The topological polar surface area (TPSA) is 36.9 Å². The molecule has 0 aliphatic heterocycles. The van der Waals surface area contributed by atoms with Crippen molar-refractivity contribution >= 4 is 57.4 Å². The maximum absolute atomic E-state index is 9.19. The lowest BCUT2D eigenvalue weighted by atomic mass is 10.1.